The van der Waals surface area contributed by atoms with Crippen molar-refractivity contribution in [1.82, 2.24) is 0 Å². The third kappa shape index (κ3) is 1.51. The second-order valence-electron chi connectivity index (χ2n) is 6.21. The smallest absolute Gasteiger partial charge is 0.00744 e. The van der Waals surface area contributed by atoms with Crippen LogP contribution in [0, 0.1) is 6.92 Å². The summed E-state index contributed by atoms with van der Waals surface area (Å²) in [6.45, 7) is 7.05. The van der Waals surface area contributed by atoms with E-state index < -0.39 is 0 Å². The maximum Gasteiger partial charge on any atom is -0.00744 e. The van der Waals surface area contributed by atoms with Crippen LogP contribution in [0.25, 0.3) is 0 Å². The molecule has 80 valence electrons. The highest BCUT2D eigenvalue weighted by atomic mass is 14.5. The molecular formula is C15H20. The van der Waals surface area contributed by atoms with Gasteiger partial charge in [-0.25, -0.2) is 0 Å². The Morgan fingerprint density at radius 3 is 1.53 bits per heavy atom. The predicted molar refractivity (Wildman–Crippen MR) is 64.4 cm³/mol. The van der Waals surface area contributed by atoms with Gasteiger partial charge < -0.3 is 0 Å². The van der Waals surface area contributed by atoms with E-state index in [-0.39, 0.29) is 0 Å². The first-order valence-electron chi connectivity index (χ1n) is 6.15. The molecular weight excluding hydrogens is 180 g/mol. The number of aryl methyl sites for hydroxylation is 1. The number of hydrogen-bond donors (Lipinski definition) is 0. The van der Waals surface area contributed by atoms with E-state index in [9.17, 15) is 0 Å². The van der Waals surface area contributed by atoms with Crippen molar-refractivity contribution < 1.29 is 0 Å². The van der Waals surface area contributed by atoms with Gasteiger partial charge in [-0.3, -0.25) is 0 Å². The average Bonchev–Trinajstić information content (AvgIpc) is 3.07. The fraction of sp³-hybridized carbons (Fsp3) is 0.600. The van der Waals surface area contributed by atoms with Crippen LogP contribution in [0.5, 0.6) is 0 Å². The van der Waals surface area contributed by atoms with Crippen molar-refractivity contribution in [3.63, 3.8) is 0 Å². The molecule has 0 unspecified atom stereocenters. The van der Waals surface area contributed by atoms with Gasteiger partial charge in [0, 0.05) is 0 Å². The van der Waals surface area contributed by atoms with Crippen LogP contribution in [0.1, 0.15) is 56.2 Å². The minimum atomic E-state index is 0.520. The van der Waals surface area contributed by atoms with Crippen molar-refractivity contribution >= 4 is 0 Å². The second-order valence-corrected chi connectivity index (χ2v) is 6.21. The topological polar surface area (TPSA) is 0 Å². The van der Waals surface area contributed by atoms with Crippen LogP contribution in [0.3, 0.4) is 0 Å². The van der Waals surface area contributed by atoms with E-state index in [2.05, 4.69) is 39.0 Å². The molecule has 0 aliphatic heterocycles. The molecule has 0 bridgehead atoms. The van der Waals surface area contributed by atoms with Crippen LogP contribution in [-0.4, -0.2) is 0 Å². The van der Waals surface area contributed by atoms with E-state index in [1.165, 1.54) is 31.2 Å². The Labute approximate surface area is 92.7 Å². The molecule has 0 radical (unpaired) electrons. The van der Waals surface area contributed by atoms with Gasteiger partial charge in [-0.1, -0.05) is 37.6 Å². The minimum absolute atomic E-state index is 0.520. The quantitative estimate of drug-likeness (QED) is 0.674. The van der Waals surface area contributed by atoms with Gasteiger partial charge in [0.2, 0.25) is 0 Å². The normalized spacial score (nSPS) is 25.0. The highest BCUT2D eigenvalue weighted by molar-refractivity contribution is 5.42. The summed E-state index contributed by atoms with van der Waals surface area (Å²) in [5.41, 5.74) is 5.66. The first-order valence-corrected chi connectivity index (χ1v) is 6.15. The van der Waals surface area contributed by atoms with Crippen LogP contribution >= 0.6 is 0 Å². The lowest BCUT2D eigenvalue weighted by atomic mass is 9.89. The van der Waals surface area contributed by atoms with Gasteiger partial charge in [-0.15, -0.1) is 0 Å². The van der Waals surface area contributed by atoms with E-state index >= 15 is 0 Å². The molecule has 0 heterocycles. The van der Waals surface area contributed by atoms with Gasteiger partial charge in [0.1, 0.15) is 0 Å². The van der Waals surface area contributed by atoms with Crippen LogP contribution in [-0.2, 0) is 10.8 Å². The lowest BCUT2D eigenvalue weighted by molar-refractivity contribution is 0.754. The van der Waals surface area contributed by atoms with Gasteiger partial charge in [-0.05, 0) is 54.6 Å². The van der Waals surface area contributed by atoms with Gasteiger partial charge in [0.05, 0.1) is 0 Å². The Balaban J connectivity index is 2.05. The van der Waals surface area contributed by atoms with Crippen LogP contribution in [0.2, 0.25) is 0 Å². The van der Waals surface area contributed by atoms with Crippen LogP contribution < -0.4 is 0 Å². The maximum atomic E-state index is 2.48. The third-order valence-corrected chi connectivity index (χ3v) is 4.47. The van der Waals surface area contributed by atoms with E-state index in [1.807, 2.05) is 0 Å². The molecule has 0 aromatic heterocycles. The highest BCUT2D eigenvalue weighted by Crippen LogP contribution is 2.52. The Morgan fingerprint density at radius 2 is 1.20 bits per heavy atom. The fourth-order valence-electron chi connectivity index (χ4n) is 2.43. The summed E-state index contributed by atoms with van der Waals surface area (Å²) in [6.07, 6.45) is 5.53. The molecule has 2 fully saturated rings. The number of benzene rings is 1. The van der Waals surface area contributed by atoms with Gasteiger partial charge in [0.15, 0.2) is 0 Å². The molecule has 0 N–H and O–H groups in total. The van der Waals surface area contributed by atoms with Gasteiger partial charge in [0.25, 0.3) is 0 Å². The molecule has 1 aromatic rings. The Kier molecular flexibility index (Phi) is 1.68. The zero-order valence-corrected chi connectivity index (χ0v) is 10.1. The summed E-state index contributed by atoms with van der Waals surface area (Å²) in [6, 6.07) is 7.26. The molecule has 15 heavy (non-hydrogen) atoms. The molecule has 3 rings (SSSR count). The summed E-state index contributed by atoms with van der Waals surface area (Å²) < 4.78 is 0. The zero-order valence-electron chi connectivity index (χ0n) is 10.1. The van der Waals surface area contributed by atoms with E-state index in [0.717, 1.165) is 0 Å². The molecule has 2 aliphatic rings. The molecule has 0 nitrogen and oxygen atoms in total. The van der Waals surface area contributed by atoms with E-state index in [1.54, 1.807) is 11.1 Å². The monoisotopic (exact) mass is 200 g/mol. The number of hydrogen-bond acceptors (Lipinski definition) is 0. The largest absolute Gasteiger partial charge is 0.0555 e. The predicted octanol–water partition coefficient (Wildman–Crippen LogP) is 4.10. The van der Waals surface area contributed by atoms with Crippen molar-refractivity contribution in [2.24, 2.45) is 0 Å². The molecule has 0 saturated heterocycles. The SMILES string of the molecule is Cc1cc(C2(C)CC2)cc(C2(C)CC2)c1. The lowest BCUT2D eigenvalue weighted by Gasteiger charge is -2.16. The summed E-state index contributed by atoms with van der Waals surface area (Å²) in [5.74, 6) is 0. The molecule has 2 saturated carbocycles. The average molecular weight is 200 g/mol. The van der Waals surface area contributed by atoms with Gasteiger partial charge in [-0.2, -0.15) is 0 Å². The first-order chi connectivity index (χ1) is 7.02. The van der Waals surface area contributed by atoms with Crippen molar-refractivity contribution in [2.45, 2.75) is 57.3 Å². The zero-order chi connectivity index (χ0) is 10.7. The van der Waals surface area contributed by atoms with Crippen molar-refractivity contribution in [2.75, 3.05) is 0 Å². The van der Waals surface area contributed by atoms with E-state index in [0.29, 0.717) is 10.8 Å². The molecule has 0 heteroatoms. The summed E-state index contributed by atoms with van der Waals surface area (Å²) in [7, 11) is 0. The van der Waals surface area contributed by atoms with Crippen molar-refractivity contribution in [3.05, 3.63) is 34.9 Å². The Bertz CT molecular complexity index is 370. The van der Waals surface area contributed by atoms with Crippen LogP contribution in [0.15, 0.2) is 18.2 Å². The molecule has 0 atom stereocenters. The molecule has 0 amide bonds. The first kappa shape index (κ1) is 9.45. The summed E-state index contributed by atoms with van der Waals surface area (Å²) in [4.78, 5) is 0. The standard InChI is InChI=1S/C15H20/c1-11-8-12(14(2)4-5-14)10-13(9-11)15(3)6-7-15/h8-10H,4-7H2,1-3H3. The number of rotatable bonds is 2. The second kappa shape index (κ2) is 2.66. The molecule has 2 aliphatic carbocycles. The fourth-order valence-corrected chi connectivity index (χ4v) is 2.43. The van der Waals surface area contributed by atoms with Gasteiger partial charge >= 0.3 is 0 Å². The summed E-state index contributed by atoms with van der Waals surface area (Å²) in [5, 5.41) is 0. The molecule has 1 aromatic carbocycles. The highest BCUT2D eigenvalue weighted by Gasteiger charge is 2.42. The van der Waals surface area contributed by atoms with Crippen molar-refractivity contribution in [3.8, 4) is 0 Å². The minimum Gasteiger partial charge on any atom is -0.0555 e. The molecule has 0 spiro atoms. The third-order valence-electron chi connectivity index (χ3n) is 4.47. The lowest BCUT2D eigenvalue weighted by Crippen LogP contribution is -2.06. The van der Waals surface area contributed by atoms with Crippen molar-refractivity contribution in [1.29, 1.82) is 0 Å². The Morgan fingerprint density at radius 1 is 0.800 bits per heavy atom. The summed E-state index contributed by atoms with van der Waals surface area (Å²) >= 11 is 0. The Hall–Kier alpha value is -0.780. The maximum absolute atomic E-state index is 2.48. The van der Waals surface area contributed by atoms with Crippen LogP contribution in [0.4, 0.5) is 0 Å². The van der Waals surface area contributed by atoms with E-state index in [4.69, 9.17) is 0 Å².